The normalized spacial score (nSPS) is 19.0. The lowest BCUT2D eigenvalue weighted by molar-refractivity contribution is -0.109. The molecule has 0 spiro atoms. The highest BCUT2D eigenvalue weighted by Crippen LogP contribution is 2.41. The van der Waals surface area contributed by atoms with Crippen molar-refractivity contribution in [2.24, 2.45) is 17.3 Å². The van der Waals surface area contributed by atoms with E-state index < -0.39 is 0 Å². The molecule has 10 heteroatoms. The second kappa shape index (κ2) is 24.8. The Balaban J connectivity index is 0.000000893. The van der Waals surface area contributed by atoms with Crippen molar-refractivity contribution in [3.8, 4) is 17.6 Å². The summed E-state index contributed by atoms with van der Waals surface area (Å²) in [4.78, 5) is 13.2. The molecule has 1 atom stereocenters. The largest absolute Gasteiger partial charge is 0.496 e. The number of hydrogen-bond donors (Lipinski definition) is 5. The second-order valence-electron chi connectivity index (χ2n) is 14.6. The molecular formula is C41H67N5O5. The molecule has 2 aliphatic heterocycles. The van der Waals surface area contributed by atoms with Gasteiger partial charge in [-0.2, -0.15) is 5.26 Å². The average molecular weight is 710 g/mol. The first-order valence-corrected chi connectivity index (χ1v) is 18.9. The van der Waals surface area contributed by atoms with E-state index in [1.165, 1.54) is 62.7 Å². The lowest BCUT2D eigenvalue weighted by Gasteiger charge is -2.37. The number of piperazine rings is 1. The molecule has 2 heterocycles. The summed E-state index contributed by atoms with van der Waals surface area (Å²) in [5.41, 5.74) is 4.59. The Labute approximate surface area is 308 Å². The van der Waals surface area contributed by atoms with Crippen molar-refractivity contribution >= 4 is 12.1 Å². The predicted octanol–water partition coefficient (Wildman–Crippen LogP) is 5.47. The number of nitrogens with zero attached hydrogens (tertiary/aromatic N) is 2. The van der Waals surface area contributed by atoms with Gasteiger partial charge in [0.2, 0.25) is 6.41 Å². The minimum Gasteiger partial charge on any atom is -0.496 e. The fourth-order valence-corrected chi connectivity index (χ4v) is 7.22. The zero-order valence-corrected chi connectivity index (χ0v) is 32.3. The summed E-state index contributed by atoms with van der Waals surface area (Å²) in [5, 5.41) is 33.1. The maximum Gasteiger partial charge on any atom is 0.207 e. The van der Waals surface area contributed by atoms with Gasteiger partial charge in [-0.1, -0.05) is 32.9 Å². The number of hydrogen-bond acceptors (Lipinski definition) is 9. The Morgan fingerprint density at radius 3 is 2.20 bits per heavy atom. The van der Waals surface area contributed by atoms with E-state index in [1.807, 2.05) is 18.2 Å². The van der Waals surface area contributed by atoms with Crippen molar-refractivity contribution in [2.45, 2.75) is 91.1 Å². The van der Waals surface area contributed by atoms with Crippen LogP contribution in [0.25, 0.3) is 0 Å². The number of carbonyl (C=O) groups is 1. The SMILES string of the molecule is C1CCNC1.CO.CO.COc1ccc(CCC(CCNC=O)Oc2cc(C#N)cc(N3CCNCC3)c2)cc1CC1CCC(C(C)(C)C)CC1. The molecule has 5 N–H and O–H groups in total. The van der Waals surface area contributed by atoms with E-state index in [4.69, 9.17) is 19.7 Å². The number of anilines is 1. The van der Waals surface area contributed by atoms with Gasteiger partial charge in [0.15, 0.2) is 0 Å². The summed E-state index contributed by atoms with van der Waals surface area (Å²) >= 11 is 0. The maximum absolute atomic E-state index is 10.9. The number of benzene rings is 2. The van der Waals surface area contributed by atoms with Crippen LogP contribution >= 0.6 is 0 Å². The van der Waals surface area contributed by atoms with Crippen molar-refractivity contribution in [1.29, 1.82) is 5.26 Å². The number of rotatable bonds is 13. The van der Waals surface area contributed by atoms with Gasteiger partial charge in [0.1, 0.15) is 17.6 Å². The molecule has 3 fully saturated rings. The third kappa shape index (κ3) is 15.8. The van der Waals surface area contributed by atoms with Gasteiger partial charge in [-0.25, -0.2) is 0 Å². The molecular weight excluding hydrogens is 642 g/mol. The van der Waals surface area contributed by atoms with Crippen molar-refractivity contribution < 1.29 is 24.5 Å². The second-order valence-corrected chi connectivity index (χ2v) is 14.6. The van der Waals surface area contributed by atoms with Gasteiger partial charge in [-0.15, -0.1) is 0 Å². The Hall–Kier alpha value is -3.36. The van der Waals surface area contributed by atoms with Crippen molar-refractivity contribution in [2.75, 3.05) is 72.0 Å². The number of methoxy groups -OCH3 is 1. The minimum atomic E-state index is -0.0968. The zero-order chi connectivity index (χ0) is 37.5. The molecule has 0 bridgehead atoms. The molecule has 3 aliphatic rings. The van der Waals surface area contributed by atoms with Crippen LogP contribution in [-0.2, 0) is 17.6 Å². The fourth-order valence-electron chi connectivity index (χ4n) is 7.22. The van der Waals surface area contributed by atoms with Crippen molar-refractivity contribution in [3.63, 3.8) is 0 Å². The molecule has 0 radical (unpaired) electrons. The number of aliphatic hydroxyl groups is 2. The highest BCUT2D eigenvalue weighted by atomic mass is 16.5. The van der Waals surface area contributed by atoms with E-state index >= 15 is 0 Å². The van der Waals surface area contributed by atoms with Gasteiger partial charge in [0, 0.05) is 65.1 Å². The van der Waals surface area contributed by atoms with Crippen molar-refractivity contribution in [1.82, 2.24) is 16.0 Å². The van der Waals surface area contributed by atoms with E-state index in [1.54, 1.807) is 7.11 Å². The predicted molar refractivity (Wildman–Crippen MR) is 208 cm³/mol. The van der Waals surface area contributed by atoms with Crippen LogP contribution in [0.15, 0.2) is 36.4 Å². The molecule has 1 saturated carbocycles. The van der Waals surface area contributed by atoms with Gasteiger partial charge in [0.25, 0.3) is 0 Å². The Morgan fingerprint density at radius 2 is 1.63 bits per heavy atom. The highest BCUT2D eigenvalue weighted by molar-refractivity contribution is 5.56. The summed E-state index contributed by atoms with van der Waals surface area (Å²) < 4.78 is 12.3. The monoisotopic (exact) mass is 710 g/mol. The molecule has 1 amide bonds. The number of nitrogens with one attached hydrogen (secondary N) is 3. The van der Waals surface area contributed by atoms with Crippen LogP contribution in [0.3, 0.4) is 0 Å². The van der Waals surface area contributed by atoms with E-state index in [-0.39, 0.29) is 6.10 Å². The van der Waals surface area contributed by atoms with Gasteiger partial charge in [-0.3, -0.25) is 4.79 Å². The lowest BCUT2D eigenvalue weighted by Crippen LogP contribution is -2.43. The maximum atomic E-state index is 10.9. The smallest absolute Gasteiger partial charge is 0.207 e. The molecule has 10 nitrogen and oxygen atoms in total. The molecule has 1 aliphatic carbocycles. The van der Waals surface area contributed by atoms with E-state index in [0.717, 1.165) is 83.4 Å². The Bertz CT molecular complexity index is 1270. The molecule has 0 aromatic heterocycles. The van der Waals surface area contributed by atoms with Crippen LogP contribution < -0.4 is 30.3 Å². The number of aryl methyl sites for hydroxylation is 1. The van der Waals surface area contributed by atoms with Crippen LogP contribution in [-0.4, -0.2) is 89.9 Å². The molecule has 51 heavy (non-hydrogen) atoms. The summed E-state index contributed by atoms with van der Waals surface area (Å²) in [6, 6.07) is 14.7. The third-order valence-corrected chi connectivity index (χ3v) is 10.1. The number of carbonyl (C=O) groups excluding carboxylic acids is 1. The van der Waals surface area contributed by atoms with Gasteiger partial charge < -0.3 is 40.5 Å². The first-order valence-electron chi connectivity index (χ1n) is 18.9. The molecule has 286 valence electrons. The zero-order valence-electron chi connectivity index (χ0n) is 32.3. The first kappa shape index (κ1) is 43.8. The first-order chi connectivity index (χ1) is 24.8. The van der Waals surface area contributed by atoms with Crippen LogP contribution in [0.4, 0.5) is 5.69 Å². The van der Waals surface area contributed by atoms with Crippen molar-refractivity contribution in [3.05, 3.63) is 53.1 Å². The summed E-state index contributed by atoms with van der Waals surface area (Å²) in [6.45, 7) is 13.8. The van der Waals surface area contributed by atoms with E-state index in [9.17, 15) is 10.1 Å². The number of aliphatic hydroxyl groups excluding tert-OH is 2. The average Bonchev–Trinajstić information content (AvgIpc) is 3.76. The Kier molecular flexibility index (Phi) is 21.3. The summed E-state index contributed by atoms with van der Waals surface area (Å²) in [7, 11) is 3.77. The fraction of sp³-hybridized carbons (Fsp3) is 0.659. The topological polar surface area (TPSA) is 139 Å². The number of nitriles is 1. The van der Waals surface area contributed by atoms with E-state index in [2.05, 4.69) is 65.9 Å². The van der Waals surface area contributed by atoms with Crippen LogP contribution in [0.1, 0.15) is 88.8 Å². The van der Waals surface area contributed by atoms with Crippen LogP contribution in [0, 0.1) is 28.6 Å². The highest BCUT2D eigenvalue weighted by Gasteiger charge is 2.30. The third-order valence-electron chi connectivity index (χ3n) is 10.1. The molecule has 2 saturated heterocycles. The molecule has 2 aromatic carbocycles. The van der Waals surface area contributed by atoms with Gasteiger partial charge in [-0.05, 0) is 117 Å². The Morgan fingerprint density at radius 1 is 0.961 bits per heavy atom. The summed E-state index contributed by atoms with van der Waals surface area (Å²) in [5.74, 6) is 3.21. The minimum absolute atomic E-state index is 0.0968. The van der Waals surface area contributed by atoms with Crippen LogP contribution in [0.2, 0.25) is 0 Å². The lowest BCUT2D eigenvalue weighted by atomic mass is 9.69. The van der Waals surface area contributed by atoms with Crippen LogP contribution in [0.5, 0.6) is 11.5 Å². The molecule has 5 rings (SSSR count). The van der Waals surface area contributed by atoms with Gasteiger partial charge >= 0.3 is 0 Å². The van der Waals surface area contributed by atoms with Gasteiger partial charge in [0.05, 0.1) is 18.7 Å². The standard InChI is InChI=1S/C35H50N4O3.C4H9N.2CH4O/c1-35(2,3)30-9-5-26(6-10-30)19-29-20-27(8-12-34(29)41-4)7-11-32(13-14-38-25-40)42-33-22-28(24-36)21-31(23-33)39-17-15-37-16-18-39;1-2-4-5-3-1;2*1-2/h8,12,20-23,25-26,30,32,37H,5-7,9-11,13-19H2,1-4H3,(H,38,40);5H,1-4H2;2*2H,1H3. The quantitative estimate of drug-likeness (QED) is 0.135. The number of amides is 1. The number of ether oxygens (including phenoxy) is 2. The molecule has 1 unspecified atom stereocenters. The van der Waals surface area contributed by atoms with E-state index in [0.29, 0.717) is 35.6 Å². The summed E-state index contributed by atoms with van der Waals surface area (Å²) in [6.07, 6.45) is 12.0. The molecule has 2 aromatic rings.